The van der Waals surface area contributed by atoms with Gasteiger partial charge in [-0.15, -0.1) is 0 Å². The molecule has 2 aliphatic carbocycles. The largest absolute Gasteiger partial charge is 0.493 e. The second-order valence-electron chi connectivity index (χ2n) is 11.5. The van der Waals surface area contributed by atoms with Crippen LogP contribution in [0, 0.1) is 5.92 Å². The molecule has 1 atom stereocenters. The Kier molecular flexibility index (Phi) is 8.32. The van der Waals surface area contributed by atoms with Gasteiger partial charge in [-0.2, -0.15) is 0 Å². The summed E-state index contributed by atoms with van der Waals surface area (Å²) in [6.45, 7) is 2.05. The molecule has 0 radical (unpaired) electrons. The number of methoxy groups -OCH3 is 2. The number of ether oxygens (including phenoxy) is 3. The Balaban J connectivity index is 1.25. The van der Waals surface area contributed by atoms with E-state index in [4.69, 9.17) is 14.2 Å². The zero-order valence-electron chi connectivity index (χ0n) is 25.2. The van der Waals surface area contributed by atoms with Crippen molar-refractivity contribution in [3.05, 3.63) is 76.0 Å². The van der Waals surface area contributed by atoms with Crippen LogP contribution < -0.4 is 25.1 Å². The number of nitrogens with one attached hydrogen (secondary N) is 1. The maximum absolute atomic E-state index is 13.8. The first-order valence-corrected chi connectivity index (χ1v) is 15.2. The van der Waals surface area contributed by atoms with Gasteiger partial charge in [-0.25, -0.2) is 4.98 Å². The van der Waals surface area contributed by atoms with E-state index >= 15 is 0 Å². The monoisotopic (exact) mass is 596 g/mol. The predicted molar refractivity (Wildman–Crippen MR) is 166 cm³/mol. The average Bonchev–Trinajstić information content (AvgIpc) is 3.05. The number of carbonyl (C=O) groups excluding carboxylic acids is 2. The molecule has 0 spiro atoms. The Morgan fingerprint density at radius 2 is 1.70 bits per heavy atom. The smallest absolute Gasteiger partial charge is 0.263 e. The molecule has 0 aliphatic heterocycles. The number of ketones is 1. The summed E-state index contributed by atoms with van der Waals surface area (Å²) in [6.07, 6.45) is 10.5. The van der Waals surface area contributed by atoms with Crippen molar-refractivity contribution >= 4 is 28.4 Å². The summed E-state index contributed by atoms with van der Waals surface area (Å²) in [5.74, 6) is 2.07. The first-order chi connectivity index (χ1) is 21.4. The highest BCUT2D eigenvalue weighted by Crippen LogP contribution is 2.37. The fourth-order valence-corrected chi connectivity index (χ4v) is 6.50. The van der Waals surface area contributed by atoms with Crippen LogP contribution in [-0.2, 0) is 6.42 Å². The van der Waals surface area contributed by atoms with Gasteiger partial charge in [0, 0.05) is 41.4 Å². The Morgan fingerprint density at radius 1 is 0.932 bits per heavy atom. The molecule has 44 heavy (non-hydrogen) atoms. The molecular formula is C34H36N4O6. The van der Waals surface area contributed by atoms with E-state index in [1.165, 1.54) is 18.7 Å². The number of Topliss-reactive ketones (excluding diaryl/α,β-unsaturated/α-hetero) is 1. The third kappa shape index (κ3) is 5.64. The molecule has 10 heteroatoms. The first kappa shape index (κ1) is 29.3. The van der Waals surface area contributed by atoms with Crippen molar-refractivity contribution in [1.29, 1.82) is 0 Å². The minimum absolute atomic E-state index is 0.0239. The van der Waals surface area contributed by atoms with Crippen LogP contribution in [0.1, 0.15) is 84.3 Å². The standard InChI is InChI=1S/C34H36N4O6/c1-20(21-8-5-4-6-9-21)38-27-10-7-11-28(39)24(27)16-25(34(38)41)33(40)37-32-13-12-22(19-36-32)44-29-14-15-35-26-18-31(43-3)30(42-2)17-23(26)29/h12-21H,4-11H2,1-3H3,(H,36,37,40). The highest BCUT2D eigenvalue weighted by molar-refractivity contribution is 6.06. The molecule has 3 aromatic heterocycles. The van der Waals surface area contributed by atoms with Gasteiger partial charge in [0.2, 0.25) is 0 Å². The van der Waals surface area contributed by atoms with E-state index < -0.39 is 5.91 Å². The number of nitrogens with zero attached hydrogens (tertiary/aromatic N) is 3. The maximum Gasteiger partial charge on any atom is 0.263 e. The summed E-state index contributed by atoms with van der Waals surface area (Å²) < 4.78 is 18.6. The average molecular weight is 597 g/mol. The SMILES string of the molecule is COc1cc2nccc(Oc3ccc(NC(=O)c4cc5c(n(C(C)C6CCCCC6)c4=O)CCCC5=O)nc3)c2cc1OC. The van der Waals surface area contributed by atoms with Gasteiger partial charge in [0.05, 0.1) is 25.9 Å². The van der Waals surface area contributed by atoms with E-state index in [0.717, 1.165) is 36.8 Å². The number of benzene rings is 1. The summed E-state index contributed by atoms with van der Waals surface area (Å²) in [6, 6.07) is 9.98. The Hall–Kier alpha value is -4.73. The summed E-state index contributed by atoms with van der Waals surface area (Å²) in [5.41, 5.74) is 1.52. The summed E-state index contributed by atoms with van der Waals surface area (Å²) >= 11 is 0. The fraction of sp³-hybridized carbons (Fsp3) is 0.382. The van der Waals surface area contributed by atoms with Gasteiger partial charge in [-0.05, 0) is 68.9 Å². The van der Waals surface area contributed by atoms with Gasteiger partial charge in [0.25, 0.3) is 11.5 Å². The van der Waals surface area contributed by atoms with Crippen LogP contribution in [0.4, 0.5) is 5.82 Å². The molecule has 1 aromatic carbocycles. The fourth-order valence-electron chi connectivity index (χ4n) is 6.50. The molecule has 1 N–H and O–H groups in total. The van der Waals surface area contributed by atoms with Crippen molar-refractivity contribution in [1.82, 2.24) is 14.5 Å². The van der Waals surface area contributed by atoms with Crippen LogP contribution in [0.3, 0.4) is 0 Å². The number of fused-ring (bicyclic) bond motifs is 2. The minimum atomic E-state index is -0.594. The van der Waals surface area contributed by atoms with Crippen molar-refractivity contribution in [2.24, 2.45) is 5.92 Å². The zero-order valence-corrected chi connectivity index (χ0v) is 25.2. The first-order valence-electron chi connectivity index (χ1n) is 15.2. The van der Waals surface area contributed by atoms with Crippen molar-refractivity contribution in [3.63, 3.8) is 0 Å². The summed E-state index contributed by atoms with van der Waals surface area (Å²) in [4.78, 5) is 49.0. The topological polar surface area (TPSA) is 122 Å². The summed E-state index contributed by atoms with van der Waals surface area (Å²) in [7, 11) is 3.13. The van der Waals surface area contributed by atoms with Crippen LogP contribution in [-0.4, -0.2) is 40.4 Å². The molecule has 0 bridgehead atoms. The molecule has 2 aliphatic rings. The van der Waals surface area contributed by atoms with Gasteiger partial charge >= 0.3 is 0 Å². The lowest BCUT2D eigenvalue weighted by molar-refractivity contribution is 0.0969. The second-order valence-corrected chi connectivity index (χ2v) is 11.5. The molecule has 1 unspecified atom stereocenters. The number of hydrogen-bond donors (Lipinski definition) is 1. The van der Waals surface area contributed by atoms with Crippen LogP contribution >= 0.6 is 0 Å². The van der Waals surface area contributed by atoms with Crippen molar-refractivity contribution in [3.8, 4) is 23.0 Å². The van der Waals surface area contributed by atoms with Gasteiger partial charge in [-0.1, -0.05) is 19.3 Å². The Bertz CT molecular complexity index is 1780. The van der Waals surface area contributed by atoms with Crippen LogP contribution in [0.2, 0.25) is 0 Å². The number of amides is 1. The van der Waals surface area contributed by atoms with Gasteiger partial charge in [-0.3, -0.25) is 19.4 Å². The highest BCUT2D eigenvalue weighted by atomic mass is 16.5. The molecule has 4 aromatic rings. The molecule has 6 rings (SSSR count). The van der Waals surface area contributed by atoms with Crippen molar-refractivity contribution < 1.29 is 23.8 Å². The van der Waals surface area contributed by atoms with E-state index in [9.17, 15) is 14.4 Å². The molecule has 3 heterocycles. The number of hydrogen-bond acceptors (Lipinski definition) is 8. The molecule has 228 valence electrons. The van der Waals surface area contributed by atoms with Crippen molar-refractivity contribution in [2.75, 3.05) is 19.5 Å². The number of anilines is 1. The Labute approximate surface area is 255 Å². The molecule has 10 nitrogen and oxygen atoms in total. The molecular weight excluding hydrogens is 560 g/mol. The van der Waals surface area contributed by atoms with Crippen LogP contribution in [0.5, 0.6) is 23.0 Å². The minimum Gasteiger partial charge on any atom is -0.493 e. The zero-order chi connectivity index (χ0) is 30.8. The molecule has 1 fully saturated rings. The van der Waals surface area contributed by atoms with E-state index in [1.807, 2.05) is 0 Å². The number of rotatable bonds is 8. The summed E-state index contributed by atoms with van der Waals surface area (Å²) in [5, 5.41) is 3.47. The van der Waals surface area contributed by atoms with E-state index in [2.05, 4.69) is 22.2 Å². The van der Waals surface area contributed by atoms with Gasteiger partial charge in [0.1, 0.15) is 22.9 Å². The number of pyridine rings is 3. The maximum atomic E-state index is 13.8. The van der Waals surface area contributed by atoms with E-state index in [0.29, 0.717) is 59.3 Å². The van der Waals surface area contributed by atoms with Gasteiger partial charge in [0.15, 0.2) is 17.3 Å². The van der Waals surface area contributed by atoms with E-state index in [-0.39, 0.29) is 28.8 Å². The Morgan fingerprint density at radius 3 is 2.43 bits per heavy atom. The highest BCUT2D eigenvalue weighted by Gasteiger charge is 2.30. The lowest BCUT2D eigenvalue weighted by Crippen LogP contribution is -2.38. The predicted octanol–water partition coefficient (Wildman–Crippen LogP) is 6.51. The van der Waals surface area contributed by atoms with Crippen LogP contribution in [0.25, 0.3) is 10.9 Å². The molecule has 1 saturated carbocycles. The molecule has 1 amide bonds. The third-order valence-corrected chi connectivity index (χ3v) is 8.85. The van der Waals surface area contributed by atoms with Crippen LogP contribution in [0.15, 0.2) is 53.6 Å². The number of aromatic nitrogens is 3. The van der Waals surface area contributed by atoms with E-state index in [1.54, 1.807) is 55.3 Å². The quantitative estimate of drug-likeness (QED) is 0.244. The second kappa shape index (κ2) is 12.5. The lowest BCUT2D eigenvalue weighted by Gasteiger charge is -2.32. The van der Waals surface area contributed by atoms with Crippen molar-refractivity contribution in [2.45, 2.75) is 64.3 Å². The lowest BCUT2D eigenvalue weighted by atomic mass is 9.83. The number of carbonyl (C=O) groups is 2. The normalized spacial score (nSPS) is 15.8. The third-order valence-electron chi connectivity index (χ3n) is 8.85. The molecule has 0 saturated heterocycles. The van der Waals surface area contributed by atoms with Gasteiger partial charge < -0.3 is 24.1 Å².